The molecule has 1 saturated heterocycles. The zero-order chi connectivity index (χ0) is 25.5. The average molecular weight is 515 g/mol. The van der Waals surface area contributed by atoms with E-state index in [4.69, 9.17) is 0 Å². The number of benzene rings is 2. The van der Waals surface area contributed by atoms with E-state index in [2.05, 4.69) is 61.1 Å². The van der Waals surface area contributed by atoms with Gasteiger partial charge in [-0.1, -0.05) is 0 Å². The first-order valence-electron chi connectivity index (χ1n) is 12.7. The molecule has 1 aliphatic heterocycles. The SMILES string of the molecule is Cc1ccnc(CCC2CCN(Sc3ccc(Nc4nccc(Nc5ccc(F)cc5)n4)cc3)CC2)c1. The average Bonchev–Trinajstić information content (AvgIpc) is 2.91. The molecule has 0 radical (unpaired) electrons. The molecule has 1 aliphatic rings. The van der Waals surface area contributed by atoms with Crippen LogP contribution >= 0.6 is 11.9 Å². The highest BCUT2D eigenvalue weighted by Crippen LogP contribution is 2.31. The smallest absolute Gasteiger partial charge is 0.229 e. The highest BCUT2D eigenvalue weighted by Gasteiger charge is 2.20. The van der Waals surface area contributed by atoms with Crippen molar-refractivity contribution in [1.82, 2.24) is 19.3 Å². The number of hydrogen-bond donors (Lipinski definition) is 2. The van der Waals surface area contributed by atoms with E-state index in [-0.39, 0.29) is 5.82 Å². The maximum Gasteiger partial charge on any atom is 0.229 e. The number of anilines is 4. The molecule has 2 aromatic heterocycles. The number of pyridine rings is 1. The van der Waals surface area contributed by atoms with Crippen LogP contribution in [-0.4, -0.2) is 32.3 Å². The predicted molar refractivity (Wildman–Crippen MR) is 149 cm³/mol. The van der Waals surface area contributed by atoms with Gasteiger partial charge in [-0.2, -0.15) is 4.98 Å². The van der Waals surface area contributed by atoms with E-state index in [0.717, 1.165) is 36.8 Å². The summed E-state index contributed by atoms with van der Waals surface area (Å²) in [6.45, 7) is 4.35. The summed E-state index contributed by atoms with van der Waals surface area (Å²) in [5.74, 6) is 1.64. The van der Waals surface area contributed by atoms with Crippen LogP contribution < -0.4 is 10.6 Å². The van der Waals surface area contributed by atoms with Crippen LogP contribution in [0.3, 0.4) is 0 Å². The van der Waals surface area contributed by atoms with Crippen molar-refractivity contribution >= 4 is 35.1 Å². The number of rotatable bonds is 9. The van der Waals surface area contributed by atoms with E-state index in [1.165, 1.54) is 47.5 Å². The monoisotopic (exact) mass is 514 g/mol. The fraction of sp³-hybridized carbons (Fsp3) is 0.276. The number of piperidine rings is 1. The van der Waals surface area contributed by atoms with Crippen molar-refractivity contribution < 1.29 is 4.39 Å². The van der Waals surface area contributed by atoms with E-state index in [0.29, 0.717) is 11.8 Å². The molecule has 0 aliphatic carbocycles. The first-order valence-corrected chi connectivity index (χ1v) is 13.4. The highest BCUT2D eigenvalue weighted by molar-refractivity contribution is 7.97. The minimum Gasteiger partial charge on any atom is -0.340 e. The molecule has 0 atom stereocenters. The van der Waals surface area contributed by atoms with Gasteiger partial charge in [-0.15, -0.1) is 0 Å². The van der Waals surface area contributed by atoms with Gasteiger partial charge in [0.1, 0.15) is 11.6 Å². The number of halogens is 1. The van der Waals surface area contributed by atoms with E-state index >= 15 is 0 Å². The molecular formula is C29H31FN6S. The second-order valence-corrected chi connectivity index (χ2v) is 10.5. The van der Waals surface area contributed by atoms with Gasteiger partial charge in [0.15, 0.2) is 0 Å². The largest absolute Gasteiger partial charge is 0.340 e. The van der Waals surface area contributed by atoms with Crippen LogP contribution in [0.4, 0.5) is 27.5 Å². The molecule has 0 unspecified atom stereocenters. The Kier molecular flexibility index (Phi) is 8.28. The molecular weight excluding hydrogens is 483 g/mol. The van der Waals surface area contributed by atoms with E-state index in [1.807, 2.05) is 30.3 Å². The molecule has 37 heavy (non-hydrogen) atoms. The third-order valence-corrected chi connectivity index (χ3v) is 7.58. The van der Waals surface area contributed by atoms with Crippen LogP contribution in [0.25, 0.3) is 0 Å². The number of aromatic nitrogens is 3. The minimum atomic E-state index is -0.270. The summed E-state index contributed by atoms with van der Waals surface area (Å²) in [6.07, 6.45) is 8.37. The number of hydrogen-bond acceptors (Lipinski definition) is 7. The Hall–Kier alpha value is -3.49. The van der Waals surface area contributed by atoms with Crippen LogP contribution in [0, 0.1) is 18.7 Å². The van der Waals surface area contributed by atoms with Crippen LogP contribution in [0.5, 0.6) is 0 Å². The Bertz CT molecular complexity index is 1290. The molecule has 0 spiro atoms. The number of aryl methyl sites for hydroxylation is 2. The van der Waals surface area contributed by atoms with Gasteiger partial charge in [0.25, 0.3) is 0 Å². The Labute approximate surface area is 221 Å². The topological polar surface area (TPSA) is 66.0 Å². The van der Waals surface area contributed by atoms with Crippen molar-refractivity contribution in [3.8, 4) is 0 Å². The van der Waals surface area contributed by atoms with E-state index in [1.54, 1.807) is 24.4 Å². The Morgan fingerprint density at radius 3 is 2.35 bits per heavy atom. The van der Waals surface area contributed by atoms with Crippen molar-refractivity contribution in [2.75, 3.05) is 23.7 Å². The molecule has 6 nitrogen and oxygen atoms in total. The van der Waals surface area contributed by atoms with Gasteiger partial charge in [0.05, 0.1) is 0 Å². The molecule has 1 fully saturated rings. The normalized spacial score (nSPS) is 14.4. The third kappa shape index (κ3) is 7.50. The zero-order valence-electron chi connectivity index (χ0n) is 20.9. The molecule has 0 amide bonds. The van der Waals surface area contributed by atoms with Gasteiger partial charge in [0, 0.05) is 47.4 Å². The second-order valence-electron chi connectivity index (χ2n) is 9.37. The Balaban J connectivity index is 1.08. The van der Waals surface area contributed by atoms with Gasteiger partial charge in [0.2, 0.25) is 5.95 Å². The summed E-state index contributed by atoms with van der Waals surface area (Å²) in [5.41, 5.74) is 4.19. The minimum absolute atomic E-state index is 0.270. The lowest BCUT2D eigenvalue weighted by atomic mass is 9.92. The lowest BCUT2D eigenvalue weighted by Crippen LogP contribution is -2.28. The standard InChI is InChI=1S/C29H31FN6S/c1-21-12-16-31-26(20-21)5-2-22-14-18-36(19-15-22)37-27-10-8-25(9-11-27)34-29-32-17-13-28(35-29)33-24-6-3-23(30)4-7-24/h3-4,6-13,16-17,20,22H,2,5,14-15,18-19H2,1H3,(H2,32,33,34,35). The summed E-state index contributed by atoms with van der Waals surface area (Å²) in [5, 5.41) is 6.42. The summed E-state index contributed by atoms with van der Waals surface area (Å²) in [4.78, 5) is 14.5. The molecule has 4 aromatic rings. The van der Waals surface area contributed by atoms with Crippen molar-refractivity contribution in [2.24, 2.45) is 5.92 Å². The van der Waals surface area contributed by atoms with Gasteiger partial charge < -0.3 is 10.6 Å². The van der Waals surface area contributed by atoms with Crippen molar-refractivity contribution in [2.45, 2.75) is 37.5 Å². The Morgan fingerprint density at radius 1 is 0.892 bits per heavy atom. The van der Waals surface area contributed by atoms with Crippen molar-refractivity contribution in [3.63, 3.8) is 0 Å². The van der Waals surface area contributed by atoms with Gasteiger partial charge in [-0.3, -0.25) is 4.98 Å². The molecule has 8 heteroatoms. The molecule has 2 N–H and O–H groups in total. The summed E-state index contributed by atoms with van der Waals surface area (Å²) < 4.78 is 15.6. The maximum atomic E-state index is 13.1. The fourth-order valence-corrected chi connectivity index (χ4v) is 5.37. The number of nitrogens with one attached hydrogen (secondary N) is 2. The van der Waals surface area contributed by atoms with E-state index in [9.17, 15) is 4.39 Å². The molecule has 2 aromatic carbocycles. The van der Waals surface area contributed by atoms with Crippen molar-refractivity contribution in [3.05, 3.63) is 96.2 Å². The van der Waals surface area contributed by atoms with Gasteiger partial charge in [-0.05, 0) is 123 Å². The lowest BCUT2D eigenvalue weighted by Gasteiger charge is -2.31. The van der Waals surface area contributed by atoms with Crippen LogP contribution in [-0.2, 0) is 6.42 Å². The molecule has 190 valence electrons. The third-order valence-electron chi connectivity index (χ3n) is 6.47. The zero-order valence-corrected chi connectivity index (χ0v) is 21.7. The first-order chi connectivity index (χ1) is 18.1. The maximum absolute atomic E-state index is 13.1. The first kappa shape index (κ1) is 25.2. The Morgan fingerprint density at radius 2 is 1.59 bits per heavy atom. The number of nitrogens with zero attached hydrogens (tertiary/aromatic N) is 4. The van der Waals surface area contributed by atoms with E-state index < -0.39 is 0 Å². The summed E-state index contributed by atoms with van der Waals surface area (Å²) in [7, 11) is 0. The highest BCUT2D eigenvalue weighted by atomic mass is 32.2. The molecule has 0 saturated carbocycles. The van der Waals surface area contributed by atoms with Gasteiger partial charge in [-0.25, -0.2) is 13.7 Å². The van der Waals surface area contributed by atoms with Crippen molar-refractivity contribution in [1.29, 1.82) is 0 Å². The predicted octanol–water partition coefficient (Wildman–Crippen LogP) is 7.16. The molecule has 0 bridgehead atoms. The molecule has 5 rings (SSSR count). The second kappa shape index (κ2) is 12.2. The van der Waals surface area contributed by atoms with Crippen LogP contribution in [0.1, 0.15) is 30.5 Å². The summed E-state index contributed by atoms with van der Waals surface area (Å²) >= 11 is 1.83. The molecule has 3 heterocycles. The quantitative estimate of drug-likeness (QED) is 0.230. The van der Waals surface area contributed by atoms with Crippen LogP contribution in [0.15, 0.2) is 84.0 Å². The summed E-state index contributed by atoms with van der Waals surface area (Å²) in [6, 6.07) is 20.6. The van der Waals surface area contributed by atoms with Gasteiger partial charge >= 0.3 is 0 Å². The van der Waals surface area contributed by atoms with Crippen LogP contribution in [0.2, 0.25) is 0 Å². The fourth-order valence-electron chi connectivity index (χ4n) is 4.42. The lowest BCUT2D eigenvalue weighted by molar-refractivity contribution is 0.279.